The van der Waals surface area contributed by atoms with Crippen LogP contribution in [-0.4, -0.2) is 49.2 Å². The fourth-order valence-corrected chi connectivity index (χ4v) is 2.13. The Morgan fingerprint density at radius 1 is 1.50 bits per heavy atom. The highest BCUT2D eigenvalue weighted by molar-refractivity contribution is 5.82. The minimum absolute atomic E-state index is 0.00577. The summed E-state index contributed by atoms with van der Waals surface area (Å²) in [6.45, 7) is 4.65. The number of ether oxygens (including phenoxy) is 1. The summed E-state index contributed by atoms with van der Waals surface area (Å²) >= 11 is 0. The molecule has 1 aromatic rings. The summed E-state index contributed by atoms with van der Waals surface area (Å²) in [6.07, 6.45) is 3.38. The maximum Gasteiger partial charge on any atom is 0.239 e. The number of hydrogen-bond donors (Lipinski definition) is 2. The molecule has 0 atom stereocenters. The van der Waals surface area contributed by atoms with Crippen molar-refractivity contribution in [3.8, 4) is 5.75 Å². The van der Waals surface area contributed by atoms with Crippen LogP contribution in [0.3, 0.4) is 0 Å². The first kappa shape index (κ1) is 14.4. The maximum atomic E-state index is 11.7. The van der Waals surface area contributed by atoms with Crippen LogP contribution in [0.4, 0.5) is 11.6 Å². The van der Waals surface area contributed by atoms with Crippen molar-refractivity contribution in [1.29, 1.82) is 0 Å². The Labute approximate surface area is 118 Å². The fourth-order valence-electron chi connectivity index (χ4n) is 2.13. The molecule has 0 unspecified atom stereocenters. The lowest BCUT2D eigenvalue weighted by molar-refractivity contribution is -0.119. The van der Waals surface area contributed by atoms with Crippen LogP contribution in [0.1, 0.15) is 19.8 Å². The molecule has 0 saturated carbocycles. The van der Waals surface area contributed by atoms with Crippen LogP contribution < -0.4 is 20.3 Å². The molecule has 2 heterocycles. The molecule has 0 spiro atoms. The van der Waals surface area contributed by atoms with Crippen molar-refractivity contribution in [3.05, 3.63) is 6.33 Å². The van der Waals surface area contributed by atoms with E-state index in [0.717, 1.165) is 25.9 Å². The molecule has 7 heteroatoms. The Morgan fingerprint density at radius 3 is 3.10 bits per heavy atom. The van der Waals surface area contributed by atoms with Gasteiger partial charge in [-0.2, -0.15) is 0 Å². The van der Waals surface area contributed by atoms with Crippen LogP contribution >= 0.6 is 0 Å². The highest BCUT2D eigenvalue weighted by atomic mass is 16.5. The molecule has 0 aliphatic carbocycles. The summed E-state index contributed by atoms with van der Waals surface area (Å²) in [4.78, 5) is 22.1. The van der Waals surface area contributed by atoms with Gasteiger partial charge in [-0.3, -0.25) is 4.79 Å². The normalized spacial score (nSPS) is 15.5. The molecule has 7 nitrogen and oxygen atoms in total. The van der Waals surface area contributed by atoms with E-state index in [9.17, 15) is 4.79 Å². The standard InChI is InChI=1S/C13H21N5O2/c1-3-5-15-12-11(20-2)13(17-9-16-12)18-7-4-6-14-10(19)8-18/h9H,3-8H2,1-2H3,(H,14,19)(H,15,16,17). The van der Waals surface area contributed by atoms with E-state index in [4.69, 9.17) is 4.74 Å². The molecule has 20 heavy (non-hydrogen) atoms. The maximum absolute atomic E-state index is 11.7. The van der Waals surface area contributed by atoms with Crippen molar-refractivity contribution in [3.63, 3.8) is 0 Å². The first-order valence-corrected chi connectivity index (χ1v) is 6.90. The zero-order valence-corrected chi connectivity index (χ0v) is 12.0. The number of aromatic nitrogens is 2. The monoisotopic (exact) mass is 279 g/mol. The molecule has 1 saturated heterocycles. The van der Waals surface area contributed by atoms with Crippen molar-refractivity contribution >= 4 is 17.5 Å². The molecular formula is C13H21N5O2. The lowest BCUT2D eigenvalue weighted by atomic mass is 10.3. The smallest absolute Gasteiger partial charge is 0.239 e. The fraction of sp³-hybridized carbons (Fsp3) is 0.615. The lowest BCUT2D eigenvalue weighted by Gasteiger charge is -2.23. The zero-order chi connectivity index (χ0) is 14.4. The van der Waals surface area contributed by atoms with Gasteiger partial charge < -0.3 is 20.3 Å². The predicted octanol–water partition coefficient (Wildman–Crippen LogP) is 0.633. The highest BCUT2D eigenvalue weighted by Crippen LogP contribution is 2.32. The van der Waals surface area contributed by atoms with Gasteiger partial charge in [0, 0.05) is 19.6 Å². The van der Waals surface area contributed by atoms with Gasteiger partial charge in [0.2, 0.25) is 11.7 Å². The second kappa shape index (κ2) is 6.93. The molecule has 0 bridgehead atoms. The molecule has 1 amide bonds. The van der Waals surface area contributed by atoms with Crippen LogP contribution in [0.5, 0.6) is 5.75 Å². The average molecular weight is 279 g/mol. The van der Waals surface area contributed by atoms with Crippen molar-refractivity contribution in [2.45, 2.75) is 19.8 Å². The number of nitrogens with one attached hydrogen (secondary N) is 2. The Balaban J connectivity index is 2.27. The average Bonchev–Trinajstić information content (AvgIpc) is 2.69. The van der Waals surface area contributed by atoms with Crippen molar-refractivity contribution in [2.75, 3.05) is 43.5 Å². The van der Waals surface area contributed by atoms with Gasteiger partial charge in [0.25, 0.3) is 0 Å². The SMILES string of the molecule is CCCNc1ncnc(N2CCCNC(=O)C2)c1OC. The largest absolute Gasteiger partial charge is 0.490 e. The zero-order valence-electron chi connectivity index (χ0n) is 12.0. The van der Waals surface area contributed by atoms with E-state index < -0.39 is 0 Å². The van der Waals surface area contributed by atoms with Crippen LogP contribution in [-0.2, 0) is 4.79 Å². The topological polar surface area (TPSA) is 79.4 Å². The van der Waals surface area contributed by atoms with E-state index >= 15 is 0 Å². The molecule has 110 valence electrons. The van der Waals surface area contributed by atoms with E-state index in [1.54, 1.807) is 7.11 Å². The van der Waals surface area contributed by atoms with Gasteiger partial charge in [-0.25, -0.2) is 9.97 Å². The summed E-state index contributed by atoms with van der Waals surface area (Å²) in [6, 6.07) is 0. The van der Waals surface area contributed by atoms with Gasteiger partial charge in [0.05, 0.1) is 13.7 Å². The number of nitrogens with zero attached hydrogens (tertiary/aromatic N) is 3. The predicted molar refractivity (Wildman–Crippen MR) is 77.2 cm³/mol. The third-order valence-corrected chi connectivity index (χ3v) is 3.09. The summed E-state index contributed by atoms with van der Waals surface area (Å²) in [7, 11) is 1.59. The molecule has 1 aromatic heterocycles. The quantitative estimate of drug-likeness (QED) is 0.823. The Hall–Kier alpha value is -2.05. The third kappa shape index (κ3) is 3.28. The van der Waals surface area contributed by atoms with Crippen LogP contribution in [0.15, 0.2) is 6.33 Å². The van der Waals surface area contributed by atoms with Gasteiger partial charge in [-0.05, 0) is 12.8 Å². The number of carbonyl (C=O) groups is 1. The number of carbonyl (C=O) groups excluding carboxylic acids is 1. The molecule has 1 aliphatic heterocycles. The van der Waals surface area contributed by atoms with E-state index in [-0.39, 0.29) is 5.91 Å². The molecule has 2 N–H and O–H groups in total. The Kier molecular flexibility index (Phi) is 4.97. The molecule has 0 aromatic carbocycles. The van der Waals surface area contributed by atoms with Gasteiger partial charge in [-0.1, -0.05) is 6.92 Å². The Morgan fingerprint density at radius 2 is 2.35 bits per heavy atom. The van der Waals surface area contributed by atoms with E-state index in [2.05, 4.69) is 27.5 Å². The first-order chi connectivity index (χ1) is 9.76. The summed E-state index contributed by atoms with van der Waals surface area (Å²) in [5.41, 5.74) is 0. The van der Waals surface area contributed by atoms with E-state index in [1.807, 2.05) is 4.90 Å². The minimum atomic E-state index is 0.00577. The second-order valence-electron chi connectivity index (χ2n) is 4.63. The van der Waals surface area contributed by atoms with Crippen LogP contribution in [0.25, 0.3) is 0 Å². The third-order valence-electron chi connectivity index (χ3n) is 3.09. The van der Waals surface area contributed by atoms with Gasteiger partial charge >= 0.3 is 0 Å². The van der Waals surface area contributed by atoms with Crippen molar-refractivity contribution < 1.29 is 9.53 Å². The van der Waals surface area contributed by atoms with Gasteiger partial charge in [0.1, 0.15) is 6.33 Å². The molecule has 0 radical (unpaired) electrons. The molecule has 2 rings (SSSR count). The van der Waals surface area contributed by atoms with Gasteiger partial charge in [-0.15, -0.1) is 0 Å². The van der Waals surface area contributed by atoms with Gasteiger partial charge in [0.15, 0.2) is 11.6 Å². The van der Waals surface area contributed by atoms with Crippen molar-refractivity contribution in [1.82, 2.24) is 15.3 Å². The molecular weight excluding hydrogens is 258 g/mol. The van der Waals surface area contributed by atoms with Crippen molar-refractivity contribution in [2.24, 2.45) is 0 Å². The number of methoxy groups -OCH3 is 1. The number of anilines is 2. The number of hydrogen-bond acceptors (Lipinski definition) is 6. The lowest BCUT2D eigenvalue weighted by Crippen LogP contribution is -2.33. The summed E-state index contributed by atoms with van der Waals surface area (Å²) in [5.74, 6) is 1.93. The highest BCUT2D eigenvalue weighted by Gasteiger charge is 2.21. The second-order valence-corrected chi connectivity index (χ2v) is 4.63. The molecule has 1 aliphatic rings. The van der Waals surface area contributed by atoms with Crippen LogP contribution in [0, 0.1) is 0 Å². The summed E-state index contributed by atoms with van der Waals surface area (Å²) in [5, 5.41) is 6.07. The first-order valence-electron chi connectivity index (χ1n) is 6.90. The van der Waals surface area contributed by atoms with E-state index in [1.165, 1.54) is 6.33 Å². The Bertz CT molecular complexity index is 466. The summed E-state index contributed by atoms with van der Waals surface area (Å²) < 4.78 is 5.44. The number of amides is 1. The van der Waals surface area contributed by atoms with E-state index in [0.29, 0.717) is 30.5 Å². The minimum Gasteiger partial charge on any atom is -0.490 e. The molecule has 1 fully saturated rings. The van der Waals surface area contributed by atoms with Crippen LogP contribution in [0.2, 0.25) is 0 Å². The number of rotatable bonds is 5.